The lowest BCUT2D eigenvalue weighted by molar-refractivity contribution is -0.386. The van der Waals surface area contributed by atoms with Crippen molar-refractivity contribution in [2.45, 2.75) is 26.5 Å². The molecule has 31 heavy (non-hydrogen) atoms. The number of nitro benzene ring substituents is 1. The van der Waals surface area contributed by atoms with E-state index in [0.29, 0.717) is 11.3 Å². The fourth-order valence-corrected chi connectivity index (χ4v) is 3.14. The fourth-order valence-electron chi connectivity index (χ4n) is 3.14. The Morgan fingerprint density at radius 2 is 1.97 bits per heavy atom. The first-order valence-corrected chi connectivity index (χ1v) is 9.52. The Labute approximate surface area is 178 Å². The molecule has 0 aliphatic rings. The molecule has 0 aliphatic carbocycles. The standard InChI is InChI=1S/C21H22N4O6/c1-4-31-21(27)19-18(20(26)16-11-13(2)5-10-17(16)25(28)29)22-23-24(19)12-14-6-8-15(30-3)9-7-14/h5-11,20,26H,4,12H2,1-3H3. The lowest BCUT2D eigenvalue weighted by atomic mass is 10.0. The number of ether oxygens (including phenoxy) is 2. The first-order valence-electron chi connectivity index (χ1n) is 9.52. The van der Waals surface area contributed by atoms with Crippen molar-refractivity contribution in [2.24, 2.45) is 0 Å². The Hall–Kier alpha value is -3.79. The molecule has 0 bridgehead atoms. The van der Waals surface area contributed by atoms with E-state index >= 15 is 0 Å². The van der Waals surface area contributed by atoms with Gasteiger partial charge in [0.2, 0.25) is 0 Å². The minimum absolute atomic E-state index is 0.0204. The van der Waals surface area contributed by atoms with Crippen molar-refractivity contribution >= 4 is 11.7 Å². The minimum Gasteiger partial charge on any atom is -0.497 e. The Kier molecular flexibility index (Phi) is 6.61. The summed E-state index contributed by atoms with van der Waals surface area (Å²) in [5, 5.41) is 30.4. The summed E-state index contributed by atoms with van der Waals surface area (Å²) in [6.07, 6.45) is -1.54. The smallest absolute Gasteiger partial charge is 0.358 e. The SMILES string of the molecule is CCOC(=O)c1c(C(O)c2cc(C)ccc2[N+](=O)[O-])nnn1Cc1ccc(OC)cc1. The van der Waals surface area contributed by atoms with Crippen LogP contribution >= 0.6 is 0 Å². The van der Waals surface area contributed by atoms with Crippen molar-refractivity contribution in [3.63, 3.8) is 0 Å². The summed E-state index contributed by atoms with van der Waals surface area (Å²) in [6, 6.07) is 11.5. The number of aromatic nitrogens is 3. The van der Waals surface area contributed by atoms with E-state index in [1.165, 1.54) is 16.8 Å². The van der Waals surface area contributed by atoms with Gasteiger partial charge in [0.15, 0.2) is 5.69 Å². The molecule has 0 amide bonds. The zero-order valence-electron chi connectivity index (χ0n) is 17.3. The molecule has 0 saturated carbocycles. The highest BCUT2D eigenvalue weighted by molar-refractivity contribution is 5.89. The fraction of sp³-hybridized carbons (Fsp3) is 0.286. The van der Waals surface area contributed by atoms with Gasteiger partial charge in [-0.05, 0) is 37.6 Å². The van der Waals surface area contributed by atoms with Crippen LogP contribution in [0.3, 0.4) is 0 Å². The molecule has 0 radical (unpaired) electrons. The first kappa shape index (κ1) is 21.9. The number of aryl methyl sites for hydroxylation is 1. The average Bonchev–Trinajstić information content (AvgIpc) is 3.17. The van der Waals surface area contributed by atoms with E-state index < -0.39 is 17.0 Å². The molecule has 3 aromatic rings. The predicted octanol–water partition coefficient (Wildman–Crippen LogP) is 2.81. The third-order valence-corrected chi connectivity index (χ3v) is 4.65. The lowest BCUT2D eigenvalue weighted by Crippen LogP contribution is -2.17. The van der Waals surface area contributed by atoms with Gasteiger partial charge < -0.3 is 14.6 Å². The number of carbonyl (C=O) groups excluding carboxylic acids is 1. The van der Waals surface area contributed by atoms with Crippen molar-refractivity contribution in [3.05, 3.63) is 80.7 Å². The van der Waals surface area contributed by atoms with Crippen molar-refractivity contribution in [2.75, 3.05) is 13.7 Å². The van der Waals surface area contributed by atoms with Gasteiger partial charge in [-0.25, -0.2) is 9.48 Å². The van der Waals surface area contributed by atoms with Crippen molar-refractivity contribution in [3.8, 4) is 5.75 Å². The lowest BCUT2D eigenvalue weighted by Gasteiger charge is -2.13. The van der Waals surface area contributed by atoms with Crippen molar-refractivity contribution < 1.29 is 24.3 Å². The van der Waals surface area contributed by atoms with Gasteiger partial charge in [0.1, 0.15) is 17.5 Å². The number of aliphatic hydroxyl groups excluding tert-OH is 1. The number of hydrogen-bond acceptors (Lipinski definition) is 8. The maximum Gasteiger partial charge on any atom is 0.358 e. The Morgan fingerprint density at radius 1 is 1.26 bits per heavy atom. The van der Waals surface area contributed by atoms with E-state index in [-0.39, 0.29) is 35.8 Å². The maximum absolute atomic E-state index is 12.7. The molecule has 1 N–H and O–H groups in total. The van der Waals surface area contributed by atoms with Gasteiger partial charge in [0, 0.05) is 6.07 Å². The predicted molar refractivity (Wildman–Crippen MR) is 110 cm³/mol. The molecular weight excluding hydrogens is 404 g/mol. The zero-order chi connectivity index (χ0) is 22.5. The highest BCUT2D eigenvalue weighted by Gasteiger charge is 2.31. The zero-order valence-corrected chi connectivity index (χ0v) is 17.3. The van der Waals surface area contributed by atoms with Crippen LogP contribution in [0.15, 0.2) is 42.5 Å². The molecule has 0 spiro atoms. The maximum atomic E-state index is 12.7. The van der Waals surface area contributed by atoms with Crippen LogP contribution in [-0.4, -0.2) is 44.7 Å². The number of aliphatic hydroxyl groups is 1. The van der Waals surface area contributed by atoms with Gasteiger partial charge in [-0.15, -0.1) is 5.10 Å². The average molecular weight is 426 g/mol. The summed E-state index contributed by atoms with van der Waals surface area (Å²) >= 11 is 0. The van der Waals surface area contributed by atoms with Crippen LogP contribution in [0.1, 0.15) is 45.9 Å². The molecule has 1 heterocycles. The van der Waals surface area contributed by atoms with Crippen LogP contribution in [0.4, 0.5) is 5.69 Å². The third kappa shape index (κ3) is 4.69. The van der Waals surface area contributed by atoms with Crippen LogP contribution in [0.5, 0.6) is 5.75 Å². The molecule has 3 rings (SSSR count). The summed E-state index contributed by atoms with van der Waals surface area (Å²) in [7, 11) is 1.56. The summed E-state index contributed by atoms with van der Waals surface area (Å²) in [6.45, 7) is 3.67. The Morgan fingerprint density at radius 3 is 2.58 bits per heavy atom. The summed E-state index contributed by atoms with van der Waals surface area (Å²) in [4.78, 5) is 23.5. The quantitative estimate of drug-likeness (QED) is 0.331. The van der Waals surface area contributed by atoms with E-state index in [0.717, 1.165) is 5.56 Å². The van der Waals surface area contributed by atoms with Crippen LogP contribution in [0.2, 0.25) is 0 Å². The van der Waals surface area contributed by atoms with Gasteiger partial charge in [-0.1, -0.05) is 29.0 Å². The highest BCUT2D eigenvalue weighted by atomic mass is 16.6. The number of benzene rings is 2. The van der Waals surface area contributed by atoms with E-state index in [1.54, 1.807) is 51.3 Å². The molecule has 1 aromatic heterocycles. The van der Waals surface area contributed by atoms with E-state index in [4.69, 9.17) is 9.47 Å². The topological polar surface area (TPSA) is 130 Å². The summed E-state index contributed by atoms with van der Waals surface area (Å²) in [5.41, 5.74) is 1.08. The van der Waals surface area contributed by atoms with Gasteiger partial charge >= 0.3 is 5.97 Å². The molecule has 0 saturated heterocycles. The minimum atomic E-state index is -1.54. The second kappa shape index (κ2) is 9.35. The summed E-state index contributed by atoms with van der Waals surface area (Å²) < 4.78 is 11.6. The molecule has 1 unspecified atom stereocenters. The van der Waals surface area contributed by atoms with Crippen LogP contribution < -0.4 is 4.74 Å². The highest BCUT2D eigenvalue weighted by Crippen LogP contribution is 2.31. The molecule has 0 fully saturated rings. The number of esters is 1. The van der Waals surface area contributed by atoms with Crippen LogP contribution in [0.25, 0.3) is 0 Å². The second-order valence-electron chi connectivity index (χ2n) is 6.77. The van der Waals surface area contributed by atoms with Crippen LogP contribution in [-0.2, 0) is 11.3 Å². The molecular formula is C21H22N4O6. The van der Waals surface area contributed by atoms with Crippen molar-refractivity contribution in [1.82, 2.24) is 15.0 Å². The number of methoxy groups -OCH3 is 1. The third-order valence-electron chi connectivity index (χ3n) is 4.65. The number of hydrogen-bond donors (Lipinski definition) is 1. The number of nitrogens with zero attached hydrogens (tertiary/aromatic N) is 4. The molecule has 0 aliphatic heterocycles. The monoisotopic (exact) mass is 426 g/mol. The Balaban J connectivity index is 2.05. The van der Waals surface area contributed by atoms with Gasteiger partial charge in [0.05, 0.1) is 30.7 Å². The largest absolute Gasteiger partial charge is 0.497 e. The number of rotatable bonds is 8. The summed E-state index contributed by atoms with van der Waals surface area (Å²) in [5.74, 6) is -0.0545. The molecule has 162 valence electrons. The van der Waals surface area contributed by atoms with E-state index in [9.17, 15) is 20.0 Å². The van der Waals surface area contributed by atoms with Crippen LogP contribution in [0, 0.1) is 17.0 Å². The first-order chi connectivity index (χ1) is 14.8. The van der Waals surface area contributed by atoms with Gasteiger partial charge in [0.25, 0.3) is 5.69 Å². The molecule has 10 nitrogen and oxygen atoms in total. The number of nitro groups is 1. The molecule has 10 heteroatoms. The van der Waals surface area contributed by atoms with Gasteiger partial charge in [-0.3, -0.25) is 10.1 Å². The normalized spacial score (nSPS) is 11.7. The van der Waals surface area contributed by atoms with E-state index in [2.05, 4.69) is 10.3 Å². The number of carbonyl (C=O) groups is 1. The molecule has 1 atom stereocenters. The van der Waals surface area contributed by atoms with Crippen molar-refractivity contribution in [1.29, 1.82) is 0 Å². The second-order valence-corrected chi connectivity index (χ2v) is 6.77. The Bertz CT molecular complexity index is 1090. The van der Waals surface area contributed by atoms with Gasteiger partial charge in [-0.2, -0.15) is 0 Å². The molecule has 2 aromatic carbocycles. The van der Waals surface area contributed by atoms with E-state index in [1.807, 2.05) is 0 Å².